The number of aryl methyl sites for hydroxylation is 4. The van der Waals surface area contributed by atoms with Crippen LogP contribution >= 0.6 is 23.5 Å². The Labute approximate surface area is 813 Å². The molecule has 6 aliphatic rings. The van der Waals surface area contributed by atoms with Crippen molar-refractivity contribution in [2.75, 3.05) is 103 Å². The molecule has 6 aromatic rings. The zero-order valence-electron chi connectivity index (χ0n) is 78.3. The molecule has 0 radical (unpaired) electrons. The third-order valence-corrected chi connectivity index (χ3v) is 24.7. The minimum Gasteiger partial charge on any atom is -0.790 e. The fraction of sp³-hybridized carbons (Fsp3) is 0.370. The largest absolute Gasteiger partial charge is 0.790 e. The summed E-state index contributed by atoms with van der Waals surface area (Å²) in [6.45, 7) is 16.7. The van der Waals surface area contributed by atoms with Crippen LogP contribution in [-0.4, -0.2) is 188 Å². The lowest BCUT2D eigenvalue weighted by Crippen LogP contribution is -2.33. The molecular weight excluding hydrogens is 1940 g/mol. The molecule has 2 aliphatic carbocycles. The maximum absolute atomic E-state index is 12.7. The second-order valence-corrected chi connectivity index (χ2v) is 35.6. The van der Waals surface area contributed by atoms with Crippen LogP contribution in [0.1, 0.15) is 144 Å². The highest BCUT2D eigenvalue weighted by atomic mass is 31.3. The third kappa shape index (κ3) is 31.4. The summed E-state index contributed by atoms with van der Waals surface area (Å²) >= 11 is 0. The molecule has 143 heavy (non-hydrogen) atoms. The summed E-state index contributed by atoms with van der Waals surface area (Å²) < 4.78 is 97.3. The number of nitrogens with one attached hydrogen (secondary N) is 4. The number of aromatic carboxylic acids is 2. The average molecular weight is 2040 g/mol. The number of nitrogens with zero attached hydrogens (tertiary/aromatic N) is 10. The lowest BCUT2D eigenvalue weighted by molar-refractivity contribution is -0.339. The summed E-state index contributed by atoms with van der Waals surface area (Å²) in [5.41, 5.74) is 32.0. The Morgan fingerprint density at radius 3 is 1.78 bits per heavy atom. The molecule has 51 heteroatoms. The van der Waals surface area contributed by atoms with Crippen LogP contribution in [0.5, 0.6) is 17.2 Å². The zero-order chi connectivity index (χ0) is 104. The fourth-order valence-electron chi connectivity index (χ4n) is 14.7. The molecule has 2 fully saturated rings. The Morgan fingerprint density at radius 2 is 1.24 bits per heavy atom. The number of rotatable bonds is 46. The number of fused-ring (bicyclic) bond motifs is 4. The van der Waals surface area contributed by atoms with Crippen molar-refractivity contribution in [1.29, 1.82) is 0 Å². The van der Waals surface area contributed by atoms with Crippen molar-refractivity contribution in [1.82, 2.24) is 19.9 Å². The number of imide groups is 1. The number of Topliss-reactive ketones (excluding diaryl/α,β-unsaturated/α-hetero) is 1. The molecule has 5 heterocycles. The van der Waals surface area contributed by atoms with Crippen molar-refractivity contribution in [2.45, 2.75) is 131 Å². The Kier molecular flexibility index (Phi) is 40.2. The minimum atomic E-state index is -6.27. The molecule has 6 atom stereocenters. The van der Waals surface area contributed by atoms with Crippen molar-refractivity contribution in [3.8, 4) is 74.0 Å². The Hall–Kier alpha value is -14.3. The minimum absolute atomic E-state index is 0.000486. The number of azide groups is 2. The Balaban J connectivity index is 0.000000227. The number of aliphatic carboxylic acids is 1. The van der Waals surface area contributed by atoms with E-state index >= 15 is 0 Å². The molecule has 2 saturated heterocycles. The number of carboxylic acid groups (broad SMARTS) is 3. The number of phosphoric ester groups is 1. The van der Waals surface area contributed by atoms with Crippen molar-refractivity contribution in [3.63, 3.8) is 0 Å². The lowest BCUT2D eigenvalue weighted by Gasteiger charge is -2.37. The number of amides is 3. The number of carbonyl (C=O) groups excluding carboxylic acids is 5. The summed E-state index contributed by atoms with van der Waals surface area (Å²) in [7, 11) is -18.5. The highest BCUT2D eigenvalue weighted by molar-refractivity contribution is 7.64. The molecule has 1 aromatic heterocycles. The third-order valence-electron chi connectivity index (χ3n) is 21.0. The molecule has 0 saturated carbocycles. The Bertz CT molecular complexity index is 6940. The van der Waals surface area contributed by atoms with Gasteiger partial charge in [-0.2, -0.15) is 0 Å². The van der Waals surface area contributed by atoms with Crippen LogP contribution in [0.25, 0.3) is 87.7 Å². The van der Waals surface area contributed by atoms with E-state index in [1.807, 2.05) is 109 Å². The molecular formula is C92H100N15O33P3-4. The van der Waals surface area contributed by atoms with Crippen molar-refractivity contribution >= 4 is 104 Å². The number of carboxylic acids is 3. The number of H-pyrrole nitrogens is 1. The number of anilines is 2. The second kappa shape index (κ2) is 51.9. The quantitative estimate of drug-likeness (QED) is 0.00257. The van der Waals surface area contributed by atoms with Gasteiger partial charge in [-0.1, -0.05) is 28.1 Å². The van der Waals surface area contributed by atoms with Gasteiger partial charge in [0.05, 0.1) is 75.2 Å². The summed E-state index contributed by atoms with van der Waals surface area (Å²) in [6.07, 6.45) is -4.53. The van der Waals surface area contributed by atoms with E-state index in [9.17, 15) is 91.4 Å². The first-order valence-corrected chi connectivity index (χ1v) is 48.7. The molecule has 4 aliphatic heterocycles. The van der Waals surface area contributed by atoms with E-state index in [0.717, 1.165) is 95.7 Å². The Morgan fingerprint density at radius 1 is 0.664 bits per heavy atom. The van der Waals surface area contributed by atoms with Crippen LogP contribution < -0.4 is 77.4 Å². The van der Waals surface area contributed by atoms with Gasteiger partial charge in [0.2, 0.25) is 0 Å². The number of aromatic nitrogens is 2. The topological polar surface area (TPSA) is 711 Å². The van der Waals surface area contributed by atoms with Crippen LogP contribution in [0.4, 0.5) is 11.4 Å². The van der Waals surface area contributed by atoms with Gasteiger partial charge in [0.15, 0.2) is 12.0 Å². The molecule has 0 spiro atoms. The molecule has 6 unspecified atom stereocenters. The van der Waals surface area contributed by atoms with Gasteiger partial charge in [-0.3, -0.25) is 61.7 Å². The molecule has 48 nitrogen and oxygen atoms in total. The molecule has 760 valence electrons. The highest BCUT2D eigenvalue weighted by Crippen LogP contribution is 2.61. The summed E-state index contributed by atoms with van der Waals surface area (Å²) in [4.78, 5) is 187. The number of nitrogens with two attached hydrogens (primary N) is 1. The normalized spacial score (nSPS) is 15.2. The van der Waals surface area contributed by atoms with Crippen LogP contribution in [-0.2, 0) is 74.6 Å². The van der Waals surface area contributed by atoms with Gasteiger partial charge in [-0.25, -0.2) is 23.5 Å². The number of aromatic amines is 1. The van der Waals surface area contributed by atoms with Crippen molar-refractivity contribution in [3.05, 3.63) is 212 Å². The summed E-state index contributed by atoms with van der Waals surface area (Å²) in [5, 5.41) is 49.0. The lowest BCUT2D eigenvalue weighted by atomic mass is 9.89. The molecule has 9 N–H and O–H groups in total. The summed E-state index contributed by atoms with van der Waals surface area (Å²) in [6, 6.07) is 31.6. The van der Waals surface area contributed by atoms with E-state index in [0.29, 0.717) is 81.0 Å². The molecule has 12 rings (SSSR count). The van der Waals surface area contributed by atoms with E-state index in [1.54, 1.807) is 42.5 Å². The number of hydrogen-bond donors (Lipinski definition) is 8. The van der Waals surface area contributed by atoms with E-state index in [2.05, 4.69) is 71.0 Å². The molecule has 0 bridgehead atoms. The fourth-order valence-corrected chi connectivity index (χ4v) is 17.6. The van der Waals surface area contributed by atoms with Gasteiger partial charge >= 0.3 is 29.6 Å². The van der Waals surface area contributed by atoms with Crippen LogP contribution in [0.15, 0.2) is 154 Å². The molecule has 3 amide bonds. The van der Waals surface area contributed by atoms with Crippen LogP contribution in [0.3, 0.4) is 0 Å². The van der Waals surface area contributed by atoms with Gasteiger partial charge in [0, 0.05) is 168 Å². The van der Waals surface area contributed by atoms with E-state index in [-0.39, 0.29) is 132 Å². The molecule has 5 aromatic carbocycles. The van der Waals surface area contributed by atoms with Crippen molar-refractivity contribution in [2.24, 2.45) is 25.9 Å². The zero-order valence-corrected chi connectivity index (χ0v) is 81.0. The van der Waals surface area contributed by atoms with Gasteiger partial charge in [-0.15, -0.1) is 5.06 Å². The van der Waals surface area contributed by atoms with Gasteiger partial charge in [0.1, 0.15) is 77.8 Å². The second-order valence-electron chi connectivity index (χ2n) is 31.3. The average Bonchev–Trinajstić information content (AvgIpc) is 1.19. The number of hydrogen-bond acceptors (Lipinski definition) is 37. The first kappa shape index (κ1) is 111. The van der Waals surface area contributed by atoms with Crippen LogP contribution in [0.2, 0.25) is 0 Å². The number of ketones is 1. The number of benzene rings is 7. The van der Waals surface area contributed by atoms with Gasteiger partial charge in [0.25, 0.3) is 38.9 Å². The predicted molar refractivity (Wildman–Crippen MR) is 503 cm³/mol. The maximum Gasteiger partial charge on any atom is 0.336 e. The van der Waals surface area contributed by atoms with E-state index in [4.69, 9.17) is 68.7 Å². The van der Waals surface area contributed by atoms with Gasteiger partial charge in [-0.05, 0) is 185 Å². The first-order valence-electron chi connectivity index (χ1n) is 44.3. The van der Waals surface area contributed by atoms with Crippen molar-refractivity contribution < 1.29 is 147 Å². The number of phosphoric acid groups is 3. The number of hydroxylamine groups is 2. The SMILES string of the molecule is CCN=c1cc2oc3cc(NCC)c(C)cc3c(-c3ccc(OCCC(=O)ON4C(=O)CCC4=O)cc3C(=O)O)c-2cc1C.CCN=c1cc2oc3cc(NCC)c(C)cc3c(-c3ccc(OCCCC(=O)O)cc3C(=O)O)c-2cc1C.[N-]=[N+]=NCOC1CC(n2cc(C#CCCC(=O)COCCOC(COc3cccc(C(=O)NCCN)c3)N=[N+]=[N-])c(=O)[nH]c2=O)OC1COP(=O)([O-])OP(=O)([O-])OP(=O)([O-])[O-]. The van der Waals surface area contributed by atoms with E-state index in [1.165, 1.54) is 18.2 Å². The predicted octanol–water partition coefficient (Wildman–Crippen LogP) is 9.79. The summed E-state index contributed by atoms with van der Waals surface area (Å²) in [5.74, 6) is 1.38. The monoisotopic (exact) mass is 2040 g/mol. The smallest absolute Gasteiger partial charge is 0.336 e. The number of carbonyl (C=O) groups is 8. The highest BCUT2D eigenvalue weighted by Gasteiger charge is 2.40. The van der Waals surface area contributed by atoms with E-state index < -0.39 is 108 Å². The van der Waals surface area contributed by atoms with Crippen LogP contribution in [0, 0.1) is 39.5 Å². The number of ether oxygens (including phenoxy) is 7. The standard InChI is InChI=1S/C33H33N3O8.C30H32N2O6.C29H39N10O19P3/c1-5-34-25-16-27-23(13-18(25)3)32(24-14-19(4)26(35-6-2)17-28(24)43-27)21-8-7-20(15-22(21)33(40)41)42-12-11-31(39)44-36-29(37)9-10-30(36)38;1-5-31-24-15-26-22(12-17(24)3)29(23-13-18(4)25(32-6-2)16-27(23)38-26)20-10-9-19(14-21(20)30(35)36)37-11-7-8-28(33)34;30-8-9-33-27(41)19-5-3-7-22(12-19)53-17-25(36-38-32)52-11-10-51-15-21(40)6-2-1-4-20-14-39(29(43)35-28(20)42)26-13-23(54-18-34-37-31)24(56-26)16-55-60(47,48)58-61(49,50)57-59(44,45)46/h7-8,13-17,34H,5-6,9-12H2,1-4H3,(H,40,41);9-10,12-16,31H,5-8,11H2,1-4H3,(H,33,34)(H,35,36);3,5,7,12,14,23-26H,2,6,8-11,13,15-18,30H2,(H,33,41)(H,47,48)(H,49,50)(H,35,42,43)(H2,44,45,46)/p-4. The maximum atomic E-state index is 12.7. The first-order chi connectivity index (χ1) is 68.2. The van der Waals surface area contributed by atoms with Gasteiger partial charge < -0.3 is 112 Å².